The number of amides is 1. The van der Waals surface area contributed by atoms with Crippen molar-refractivity contribution in [1.29, 1.82) is 0 Å². The fourth-order valence-corrected chi connectivity index (χ4v) is 0.847. The van der Waals surface area contributed by atoms with Gasteiger partial charge in [0.15, 0.2) is 6.23 Å². The average molecular weight is 220 g/mol. The van der Waals surface area contributed by atoms with Gasteiger partial charge in [-0.25, -0.2) is 4.79 Å². The van der Waals surface area contributed by atoms with Crippen LogP contribution in [0.15, 0.2) is 12.2 Å². The lowest BCUT2D eigenvalue weighted by Gasteiger charge is -2.14. The van der Waals surface area contributed by atoms with Crippen molar-refractivity contribution in [2.24, 2.45) is 0 Å². The first kappa shape index (κ1) is 13.0. The number of ether oxygens (including phenoxy) is 1. The molecule has 5 heteroatoms. The number of carbonyl (C=O) groups is 2. The zero-order valence-electron chi connectivity index (χ0n) is 8.30. The third-order valence-corrected chi connectivity index (χ3v) is 1.51. The van der Waals surface area contributed by atoms with Gasteiger partial charge in [0.2, 0.25) is 5.91 Å². The predicted molar refractivity (Wildman–Crippen MR) is 53.8 cm³/mol. The second kappa shape index (κ2) is 6.43. The van der Waals surface area contributed by atoms with E-state index in [2.05, 4.69) is 11.9 Å². The summed E-state index contributed by atoms with van der Waals surface area (Å²) in [4.78, 5) is 22.0. The third kappa shape index (κ3) is 5.59. The molecule has 0 saturated heterocycles. The number of hydrogen-bond donors (Lipinski definition) is 1. The van der Waals surface area contributed by atoms with Gasteiger partial charge in [0, 0.05) is 17.9 Å². The van der Waals surface area contributed by atoms with E-state index in [0.29, 0.717) is 5.57 Å². The van der Waals surface area contributed by atoms with Crippen LogP contribution in [0.25, 0.3) is 0 Å². The van der Waals surface area contributed by atoms with E-state index in [1.165, 1.54) is 6.92 Å². The second-order valence-electron chi connectivity index (χ2n) is 2.83. The van der Waals surface area contributed by atoms with Crippen molar-refractivity contribution in [3.63, 3.8) is 0 Å². The standard InChI is InChI=1S/C9H14ClNO3/c1-6(2)9(13)14-7(3)11-8(12)4-5-10/h7H,1,4-5H2,2-3H3,(H,11,12). The Labute approximate surface area is 88.3 Å². The Morgan fingerprint density at radius 3 is 2.57 bits per heavy atom. The van der Waals surface area contributed by atoms with Crippen molar-refractivity contribution >= 4 is 23.5 Å². The Balaban J connectivity index is 3.86. The molecule has 4 nitrogen and oxygen atoms in total. The Kier molecular flexibility index (Phi) is 5.95. The maximum absolute atomic E-state index is 11.0. The minimum absolute atomic E-state index is 0.205. The van der Waals surface area contributed by atoms with Crippen molar-refractivity contribution in [3.05, 3.63) is 12.2 Å². The Morgan fingerprint density at radius 1 is 1.57 bits per heavy atom. The molecule has 0 fully saturated rings. The molecule has 0 heterocycles. The molecule has 0 aromatic heterocycles. The molecule has 0 aliphatic rings. The summed E-state index contributed by atoms with van der Waals surface area (Å²) in [6.45, 7) is 6.52. The molecular formula is C9H14ClNO3. The second-order valence-corrected chi connectivity index (χ2v) is 3.21. The number of esters is 1. The minimum Gasteiger partial charge on any atom is -0.439 e. The lowest BCUT2D eigenvalue weighted by atomic mass is 10.4. The van der Waals surface area contributed by atoms with Crippen LogP contribution in [0.4, 0.5) is 0 Å². The predicted octanol–water partition coefficient (Wildman–Crippen LogP) is 1.20. The van der Waals surface area contributed by atoms with Gasteiger partial charge < -0.3 is 10.1 Å². The summed E-state index contributed by atoms with van der Waals surface area (Å²) in [5, 5.41) is 2.46. The van der Waals surface area contributed by atoms with Crippen molar-refractivity contribution in [3.8, 4) is 0 Å². The fourth-order valence-electron chi connectivity index (χ4n) is 0.675. The molecule has 0 bridgehead atoms. The minimum atomic E-state index is -0.657. The number of halogens is 1. The van der Waals surface area contributed by atoms with E-state index in [0.717, 1.165) is 0 Å². The van der Waals surface area contributed by atoms with E-state index in [1.54, 1.807) is 6.92 Å². The van der Waals surface area contributed by atoms with Gasteiger partial charge >= 0.3 is 5.97 Å². The smallest absolute Gasteiger partial charge is 0.335 e. The van der Waals surface area contributed by atoms with Crippen LogP contribution in [0.1, 0.15) is 20.3 Å². The molecule has 0 rings (SSSR count). The van der Waals surface area contributed by atoms with Gasteiger partial charge in [-0.1, -0.05) is 6.58 Å². The van der Waals surface area contributed by atoms with Gasteiger partial charge in [-0.3, -0.25) is 4.79 Å². The van der Waals surface area contributed by atoms with Crippen LogP contribution >= 0.6 is 11.6 Å². The lowest BCUT2D eigenvalue weighted by molar-refractivity contribution is -0.146. The van der Waals surface area contributed by atoms with Crippen LogP contribution < -0.4 is 5.32 Å². The molecule has 1 amide bonds. The first-order valence-corrected chi connectivity index (χ1v) is 4.72. The van der Waals surface area contributed by atoms with Crippen molar-refractivity contribution in [2.75, 3.05) is 5.88 Å². The van der Waals surface area contributed by atoms with Gasteiger partial charge in [0.25, 0.3) is 0 Å². The monoisotopic (exact) mass is 219 g/mol. The highest BCUT2D eigenvalue weighted by Crippen LogP contribution is 1.96. The van der Waals surface area contributed by atoms with Crippen LogP contribution in [-0.2, 0) is 14.3 Å². The van der Waals surface area contributed by atoms with Crippen LogP contribution in [0, 0.1) is 0 Å². The zero-order valence-corrected chi connectivity index (χ0v) is 9.06. The van der Waals surface area contributed by atoms with Crippen molar-refractivity contribution in [1.82, 2.24) is 5.32 Å². The van der Waals surface area contributed by atoms with Gasteiger partial charge in [-0.2, -0.15) is 0 Å². The largest absolute Gasteiger partial charge is 0.439 e. The highest BCUT2D eigenvalue weighted by molar-refractivity contribution is 6.18. The summed E-state index contributed by atoms with van der Waals surface area (Å²) in [6, 6.07) is 0. The molecule has 1 N–H and O–H groups in total. The first-order chi connectivity index (χ1) is 6.47. The van der Waals surface area contributed by atoms with Gasteiger partial charge in [-0.15, -0.1) is 11.6 Å². The highest BCUT2D eigenvalue weighted by Gasteiger charge is 2.11. The number of hydrogen-bond acceptors (Lipinski definition) is 3. The van der Waals surface area contributed by atoms with E-state index < -0.39 is 12.2 Å². The summed E-state index contributed by atoms with van der Waals surface area (Å²) >= 11 is 5.35. The van der Waals surface area contributed by atoms with E-state index in [1.807, 2.05) is 0 Å². The maximum Gasteiger partial charge on any atom is 0.335 e. The lowest BCUT2D eigenvalue weighted by Crippen LogP contribution is -2.36. The Bertz CT molecular complexity index is 240. The van der Waals surface area contributed by atoms with E-state index in [9.17, 15) is 9.59 Å². The summed E-state index contributed by atoms with van der Waals surface area (Å²) in [5.74, 6) is -0.529. The van der Waals surface area contributed by atoms with Crippen molar-refractivity contribution < 1.29 is 14.3 Å². The molecule has 14 heavy (non-hydrogen) atoms. The summed E-state index contributed by atoms with van der Waals surface area (Å²) in [6.07, 6.45) is -0.453. The molecule has 0 aliphatic heterocycles. The fraction of sp³-hybridized carbons (Fsp3) is 0.556. The topological polar surface area (TPSA) is 55.4 Å². The summed E-state index contributed by atoms with van der Waals surface area (Å²) in [7, 11) is 0. The molecule has 0 spiro atoms. The molecule has 0 aromatic rings. The van der Waals surface area contributed by atoms with E-state index in [4.69, 9.17) is 16.3 Å². The number of rotatable bonds is 5. The molecule has 0 aromatic carbocycles. The Morgan fingerprint density at radius 2 is 2.14 bits per heavy atom. The first-order valence-electron chi connectivity index (χ1n) is 4.19. The molecule has 1 atom stereocenters. The highest BCUT2D eigenvalue weighted by atomic mass is 35.5. The maximum atomic E-state index is 11.0. The van der Waals surface area contributed by atoms with E-state index >= 15 is 0 Å². The quantitative estimate of drug-likeness (QED) is 0.327. The summed E-state index contributed by atoms with van der Waals surface area (Å²) in [5.41, 5.74) is 0.295. The van der Waals surface area contributed by atoms with Crippen LogP contribution in [-0.4, -0.2) is 24.0 Å². The van der Waals surface area contributed by atoms with E-state index in [-0.39, 0.29) is 18.2 Å². The third-order valence-electron chi connectivity index (χ3n) is 1.32. The van der Waals surface area contributed by atoms with Crippen molar-refractivity contribution in [2.45, 2.75) is 26.5 Å². The molecule has 0 saturated carbocycles. The van der Waals surface area contributed by atoms with Crippen LogP contribution in [0.3, 0.4) is 0 Å². The van der Waals surface area contributed by atoms with Crippen LogP contribution in [0.2, 0.25) is 0 Å². The summed E-state index contributed by atoms with van der Waals surface area (Å²) < 4.78 is 4.82. The molecule has 0 aliphatic carbocycles. The average Bonchev–Trinajstić information content (AvgIpc) is 2.03. The SMILES string of the molecule is C=C(C)C(=O)OC(C)NC(=O)CCCl. The normalized spacial score (nSPS) is 11.6. The van der Waals surface area contributed by atoms with Gasteiger partial charge in [0.05, 0.1) is 0 Å². The Hall–Kier alpha value is -1.03. The zero-order chi connectivity index (χ0) is 11.1. The van der Waals surface area contributed by atoms with Crippen LogP contribution in [0.5, 0.6) is 0 Å². The molecular weight excluding hydrogens is 206 g/mol. The molecule has 1 unspecified atom stereocenters. The number of carbonyl (C=O) groups excluding carboxylic acids is 2. The number of nitrogens with one attached hydrogen (secondary N) is 1. The number of alkyl halides is 1. The molecule has 80 valence electrons. The molecule has 0 radical (unpaired) electrons. The van der Waals surface area contributed by atoms with Gasteiger partial charge in [-0.05, 0) is 13.8 Å². The van der Waals surface area contributed by atoms with Gasteiger partial charge in [0.1, 0.15) is 0 Å².